The molecular formula is C26H24N4O4S. The van der Waals surface area contributed by atoms with Crippen molar-refractivity contribution in [2.45, 2.75) is 26.5 Å². The number of carbonyl (C=O) groups is 2. The third kappa shape index (κ3) is 5.86. The van der Waals surface area contributed by atoms with Crippen LogP contribution in [0.3, 0.4) is 0 Å². The third-order valence-corrected chi connectivity index (χ3v) is 6.54. The number of nitrogens with zero attached hydrogens (tertiary/aromatic N) is 3. The Labute approximate surface area is 207 Å². The highest BCUT2D eigenvalue weighted by atomic mass is 32.1. The molecule has 178 valence electrons. The summed E-state index contributed by atoms with van der Waals surface area (Å²) in [5.41, 5.74) is 2.97. The van der Waals surface area contributed by atoms with E-state index < -0.39 is 6.09 Å². The summed E-state index contributed by atoms with van der Waals surface area (Å²) in [6, 6.07) is 13.2. The molecule has 0 aliphatic carbocycles. The number of amides is 2. The Bertz CT molecular complexity index is 1280. The average Bonchev–Trinajstić information content (AvgIpc) is 3.23. The number of para-hydroxylation sites is 1. The number of rotatable bonds is 7. The van der Waals surface area contributed by atoms with Crippen LogP contribution >= 0.6 is 11.3 Å². The second kappa shape index (κ2) is 11.3. The fourth-order valence-corrected chi connectivity index (χ4v) is 4.92. The molecule has 0 radical (unpaired) electrons. The van der Waals surface area contributed by atoms with Gasteiger partial charge in [0.25, 0.3) is 0 Å². The Morgan fingerprint density at radius 2 is 2.06 bits per heavy atom. The van der Waals surface area contributed by atoms with Gasteiger partial charge in [-0.25, -0.2) is 4.79 Å². The third-order valence-electron chi connectivity index (χ3n) is 5.41. The molecule has 8 nitrogen and oxygen atoms in total. The van der Waals surface area contributed by atoms with Crippen LogP contribution in [0.15, 0.2) is 54.9 Å². The van der Waals surface area contributed by atoms with E-state index in [4.69, 9.17) is 9.47 Å². The molecule has 0 saturated carbocycles. The van der Waals surface area contributed by atoms with Gasteiger partial charge in [-0.1, -0.05) is 18.2 Å². The smallest absolute Gasteiger partial charge is 0.410 e. The van der Waals surface area contributed by atoms with Crippen molar-refractivity contribution in [3.8, 4) is 11.8 Å². The highest BCUT2D eigenvalue weighted by molar-refractivity contribution is 7.16. The number of pyridine rings is 1. The summed E-state index contributed by atoms with van der Waals surface area (Å²) in [6.07, 6.45) is 6.50. The number of nitriles is 1. The Hall–Kier alpha value is -4.16. The fraction of sp³-hybridized carbons (Fsp3) is 0.231. The first kappa shape index (κ1) is 24.0. The lowest BCUT2D eigenvalue weighted by Crippen LogP contribution is -2.35. The zero-order chi connectivity index (χ0) is 24.6. The van der Waals surface area contributed by atoms with Crippen LogP contribution in [0.4, 0.5) is 9.80 Å². The van der Waals surface area contributed by atoms with E-state index in [0.717, 1.165) is 21.6 Å². The molecule has 0 fully saturated rings. The zero-order valence-corrected chi connectivity index (χ0v) is 20.0. The average molecular weight is 489 g/mol. The molecule has 3 heterocycles. The van der Waals surface area contributed by atoms with Gasteiger partial charge in [0.15, 0.2) is 0 Å². The van der Waals surface area contributed by atoms with Crippen LogP contribution < -0.4 is 10.1 Å². The number of anilines is 1. The molecule has 1 aliphatic rings. The molecule has 3 aromatic rings. The van der Waals surface area contributed by atoms with Gasteiger partial charge in [0, 0.05) is 35.5 Å². The number of ether oxygens (including phenoxy) is 2. The highest BCUT2D eigenvalue weighted by Crippen LogP contribution is 2.37. The van der Waals surface area contributed by atoms with Crippen LogP contribution in [-0.2, 0) is 29.1 Å². The molecule has 0 bridgehead atoms. The summed E-state index contributed by atoms with van der Waals surface area (Å²) >= 11 is 1.31. The number of thiophene rings is 1. The Morgan fingerprint density at radius 1 is 1.26 bits per heavy atom. The molecule has 1 aromatic carbocycles. The van der Waals surface area contributed by atoms with Crippen molar-refractivity contribution >= 4 is 34.4 Å². The van der Waals surface area contributed by atoms with Crippen molar-refractivity contribution in [2.24, 2.45) is 0 Å². The molecule has 4 rings (SSSR count). The maximum Gasteiger partial charge on any atom is 0.410 e. The summed E-state index contributed by atoms with van der Waals surface area (Å²) in [4.78, 5) is 31.6. The number of hydrogen-bond acceptors (Lipinski definition) is 7. The molecule has 1 aliphatic heterocycles. The van der Waals surface area contributed by atoms with Gasteiger partial charge in [0.1, 0.15) is 23.4 Å². The molecule has 0 unspecified atom stereocenters. The summed E-state index contributed by atoms with van der Waals surface area (Å²) in [7, 11) is 0. The maximum atomic E-state index is 12.6. The normalized spacial score (nSPS) is 12.6. The number of aromatic nitrogens is 1. The van der Waals surface area contributed by atoms with E-state index in [2.05, 4.69) is 16.4 Å². The highest BCUT2D eigenvalue weighted by Gasteiger charge is 2.28. The van der Waals surface area contributed by atoms with E-state index in [0.29, 0.717) is 42.4 Å². The molecule has 35 heavy (non-hydrogen) atoms. The summed E-state index contributed by atoms with van der Waals surface area (Å²) < 4.78 is 11.0. The topological polar surface area (TPSA) is 105 Å². The van der Waals surface area contributed by atoms with Gasteiger partial charge in [0.2, 0.25) is 5.91 Å². The molecule has 2 amide bonds. The standard InChI is InChI=1S/C26H24N4O4S/c1-2-33-22-6-4-3-5-19(22)7-8-24(31)29-25-21(15-27)20-11-14-30(16-23(20)35-25)26(32)34-17-18-9-12-28-13-10-18/h3-10,12-13H,2,11,14,16-17H2,1H3,(H,29,31)/b8-7+. The van der Waals surface area contributed by atoms with Gasteiger partial charge >= 0.3 is 6.09 Å². The first-order chi connectivity index (χ1) is 17.1. The van der Waals surface area contributed by atoms with Crippen LogP contribution in [0.25, 0.3) is 6.08 Å². The first-order valence-corrected chi connectivity index (χ1v) is 12.0. The van der Waals surface area contributed by atoms with Gasteiger partial charge in [-0.05, 0) is 48.7 Å². The Balaban J connectivity index is 1.41. The van der Waals surface area contributed by atoms with E-state index in [-0.39, 0.29) is 12.5 Å². The number of fused-ring (bicyclic) bond motifs is 1. The lowest BCUT2D eigenvalue weighted by Gasteiger charge is -2.26. The lowest BCUT2D eigenvalue weighted by atomic mass is 10.0. The van der Waals surface area contributed by atoms with E-state index in [1.165, 1.54) is 17.4 Å². The summed E-state index contributed by atoms with van der Waals surface area (Å²) in [5.74, 6) is 0.347. The zero-order valence-electron chi connectivity index (χ0n) is 19.2. The minimum Gasteiger partial charge on any atom is -0.493 e. The van der Waals surface area contributed by atoms with E-state index >= 15 is 0 Å². The number of hydrogen-bond donors (Lipinski definition) is 1. The molecule has 0 atom stereocenters. The van der Waals surface area contributed by atoms with Gasteiger partial charge < -0.3 is 19.7 Å². The quantitative estimate of drug-likeness (QED) is 0.481. The molecule has 1 N–H and O–H groups in total. The molecular weight excluding hydrogens is 464 g/mol. The van der Waals surface area contributed by atoms with E-state index in [9.17, 15) is 14.9 Å². The predicted molar refractivity (Wildman–Crippen MR) is 133 cm³/mol. The number of benzene rings is 1. The molecule has 2 aromatic heterocycles. The minimum atomic E-state index is -0.416. The summed E-state index contributed by atoms with van der Waals surface area (Å²) in [5, 5.41) is 13.0. The largest absolute Gasteiger partial charge is 0.493 e. The van der Waals surface area contributed by atoms with Crippen LogP contribution in [0.1, 0.15) is 34.1 Å². The monoisotopic (exact) mass is 488 g/mol. The SMILES string of the molecule is CCOc1ccccc1/C=C/C(=O)Nc1sc2c(c1C#N)CCN(C(=O)OCc1ccncc1)C2. The van der Waals surface area contributed by atoms with Crippen LogP contribution in [0, 0.1) is 11.3 Å². The van der Waals surface area contributed by atoms with Crippen LogP contribution in [-0.4, -0.2) is 35.0 Å². The molecule has 0 saturated heterocycles. The first-order valence-electron chi connectivity index (χ1n) is 11.1. The lowest BCUT2D eigenvalue weighted by molar-refractivity contribution is -0.111. The van der Waals surface area contributed by atoms with E-state index in [1.807, 2.05) is 31.2 Å². The summed E-state index contributed by atoms with van der Waals surface area (Å²) in [6.45, 7) is 3.36. The second-order valence-corrected chi connectivity index (χ2v) is 8.80. The number of nitrogens with one attached hydrogen (secondary N) is 1. The minimum absolute atomic E-state index is 0.165. The Morgan fingerprint density at radius 3 is 2.83 bits per heavy atom. The van der Waals surface area contributed by atoms with Gasteiger partial charge in [-0.2, -0.15) is 5.26 Å². The van der Waals surface area contributed by atoms with Crippen molar-refractivity contribution in [1.82, 2.24) is 9.88 Å². The molecule has 9 heteroatoms. The van der Waals surface area contributed by atoms with E-state index in [1.54, 1.807) is 35.5 Å². The van der Waals surface area contributed by atoms with Crippen molar-refractivity contribution in [3.63, 3.8) is 0 Å². The second-order valence-electron chi connectivity index (χ2n) is 7.69. The molecule has 0 spiro atoms. The van der Waals surface area contributed by atoms with Crippen molar-refractivity contribution in [3.05, 3.63) is 82.0 Å². The van der Waals surface area contributed by atoms with Crippen LogP contribution in [0.5, 0.6) is 5.75 Å². The predicted octanol–water partition coefficient (Wildman–Crippen LogP) is 4.76. The Kier molecular flexibility index (Phi) is 7.75. The van der Waals surface area contributed by atoms with Gasteiger partial charge in [0.05, 0.1) is 18.7 Å². The van der Waals surface area contributed by atoms with Gasteiger partial charge in [-0.15, -0.1) is 11.3 Å². The fourth-order valence-electron chi connectivity index (χ4n) is 3.71. The number of carbonyl (C=O) groups excluding carboxylic acids is 2. The van der Waals surface area contributed by atoms with Gasteiger partial charge in [-0.3, -0.25) is 9.78 Å². The van der Waals surface area contributed by atoms with Crippen molar-refractivity contribution < 1.29 is 19.1 Å². The maximum absolute atomic E-state index is 12.6. The van der Waals surface area contributed by atoms with Crippen LogP contribution in [0.2, 0.25) is 0 Å². The van der Waals surface area contributed by atoms with Crippen molar-refractivity contribution in [2.75, 3.05) is 18.5 Å². The van der Waals surface area contributed by atoms with Crippen molar-refractivity contribution in [1.29, 1.82) is 5.26 Å².